The smallest absolute Gasteiger partial charge is 0.242 e. The molecule has 30 heavy (non-hydrogen) atoms. The third kappa shape index (κ3) is 4.94. The normalized spacial score (nSPS) is 16.1. The maximum Gasteiger partial charge on any atom is 0.242 e. The summed E-state index contributed by atoms with van der Waals surface area (Å²) >= 11 is 1.77. The van der Waals surface area contributed by atoms with E-state index >= 15 is 0 Å². The van der Waals surface area contributed by atoms with Crippen molar-refractivity contribution in [2.24, 2.45) is 11.8 Å². The van der Waals surface area contributed by atoms with Crippen LogP contribution in [0, 0.1) is 18.8 Å². The van der Waals surface area contributed by atoms with Crippen molar-refractivity contribution < 1.29 is 9.59 Å². The molecule has 0 bridgehead atoms. The van der Waals surface area contributed by atoms with E-state index in [1.165, 1.54) is 21.6 Å². The van der Waals surface area contributed by atoms with E-state index in [4.69, 9.17) is 0 Å². The molecule has 162 valence electrons. The van der Waals surface area contributed by atoms with Gasteiger partial charge in [0.05, 0.1) is 12.6 Å². The summed E-state index contributed by atoms with van der Waals surface area (Å²) in [4.78, 5) is 31.5. The van der Waals surface area contributed by atoms with Crippen LogP contribution in [0.15, 0.2) is 35.7 Å². The molecule has 1 atom stereocenters. The molecule has 1 aliphatic rings. The number of benzene rings is 1. The third-order valence-corrected chi connectivity index (χ3v) is 6.87. The van der Waals surface area contributed by atoms with E-state index < -0.39 is 0 Å². The molecule has 0 unspecified atom stereocenters. The second-order valence-electron chi connectivity index (χ2n) is 8.99. The van der Waals surface area contributed by atoms with E-state index in [0.29, 0.717) is 19.0 Å². The fraction of sp³-hybridized carbons (Fsp3) is 0.520. The molecule has 0 saturated heterocycles. The SMILES string of the molecule is Cc1ccccc1[C@@H]1c2ccsc2CCN1C(=O)CN(CCC(C)C)C(=O)C(C)C. The summed E-state index contributed by atoms with van der Waals surface area (Å²) in [6.07, 6.45) is 1.78. The minimum atomic E-state index is -0.109. The van der Waals surface area contributed by atoms with Gasteiger partial charge in [0.15, 0.2) is 0 Å². The summed E-state index contributed by atoms with van der Waals surface area (Å²) in [6.45, 7) is 11.7. The Morgan fingerprint density at radius 3 is 2.53 bits per heavy atom. The van der Waals surface area contributed by atoms with Crippen LogP contribution in [-0.2, 0) is 16.0 Å². The number of fused-ring (bicyclic) bond motifs is 1. The van der Waals surface area contributed by atoms with Gasteiger partial charge in [-0.05, 0) is 53.8 Å². The van der Waals surface area contributed by atoms with E-state index in [-0.39, 0.29) is 30.3 Å². The summed E-state index contributed by atoms with van der Waals surface area (Å²) in [5.74, 6) is 0.482. The van der Waals surface area contributed by atoms with Crippen molar-refractivity contribution in [2.75, 3.05) is 19.6 Å². The number of nitrogens with zero attached hydrogens (tertiary/aromatic N) is 2. The molecule has 0 saturated carbocycles. The van der Waals surface area contributed by atoms with Gasteiger partial charge in [-0.2, -0.15) is 0 Å². The first kappa shape index (κ1) is 22.5. The second kappa shape index (κ2) is 9.78. The van der Waals surface area contributed by atoms with E-state index in [2.05, 4.69) is 44.4 Å². The van der Waals surface area contributed by atoms with Crippen molar-refractivity contribution in [1.29, 1.82) is 0 Å². The fourth-order valence-electron chi connectivity index (χ4n) is 4.11. The fourth-order valence-corrected chi connectivity index (χ4v) is 5.02. The number of aryl methyl sites for hydroxylation is 1. The summed E-state index contributed by atoms with van der Waals surface area (Å²) in [5, 5.41) is 2.13. The zero-order chi connectivity index (χ0) is 21.8. The first-order valence-corrected chi connectivity index (χ1v) is 11.9. The maximum atomic E-state index is 13.5. The van der Waals surface area contributed by atoms with Crippen LogP contribution in [0.2, 0.25) is 0 Å². The number of carbonyl (C=O) groups is 2. The second-order valence-corrected chi connectivity index (χ2v) is 9.99. The highest BCUT2D eigenvalue weighted by Gasteiger charge is 2.34. The Morgan fingerprint density at radius 2 is 1.87 bits per heavy atom. The Kier molecular flexibility index (Phi) is 7.35. The van der Waals surface area contributed by atoms with Gasteiger partial charge < -0.3 is 9.80 Å². The maximum absolute atomic E-state index is 13.5. The largest absolute Gasteiger partial charge is 0.333 e. The van der Waals surface area contributed by atoms with Gasteiger partial charge in [-0.1, -0.05) is 52.0 Å². The summed E-state index contributed by atoms with van der Waals surface area (Å²) in [7, 11) is 0. The number of hydrogen-bond acceptors (Lipinski definition) is 3. The van der Waals surface area contributed by atoms with E-state index in [1.807, 2.05) is 30.9 Å². The predicted molar refractivity (Wildman–Crippen MR) is 124 cm³/mol. The summed E-state index contributed by atoms with van der Waals surface area (Å²) in [6, 6.07) is 10.4. The van der Waals surface area contributed by atoms with Crippen molar-refractivity contribution in [3.05, 3.63) is 57.3 Å². The molecular weight excluding hydrogens is 392 g/mol. The lowest BCUT2D eigenvalue weighted by Crippen LogP contribution is -2.48. The van der Waals surface area contributed by atoms with Crippen LogP contribution in [-0.4, -0.2) is 41.2 Å². The van der Waals surface area contributed by atoms with Crippen LogP contribution in [0.25, 0.3) is 0 Å². The van der Waals surface area contributed by atoms with Gasteiger partial charge in [0.1, 0.15) is 0 Å². The van der Waals surface area contributed by atoms with Crippen LogP contribution in [0.3, 0.4) is 0 Å². The lowest BCUT2D eigenvalue weighted by Gasteiger charge is -2.38. The molecule has 0 N–H and O–H groups in total. The molecule has 1 aromatic heterocycles. The molecule has 0 radical (unpaired) electrons. The number of rotatable bonds is 7. The molecule has 5 heteroatoms. The van der Waals surface area contributed by atoms with E-state index in [9.17, 15) is 9.59 Å². The molecular formula is C25H34N2O2S. The third-order valence-electron chi connectivity index (χ3n) is 5.88. The first-order chi connectivity index (χ1) is 14.3. The van der Waals surface area contributed by atoms with Crippen LogP contribution < -0.4 is 0 Å². The molecule has 1 aliphatic heterocycles. The highest BCUT2D eigenvalue weighted by molar-refractivity contribution is 7.10. The van der Waals surface area contributed by atoms with Crippen LogP contribution in [0.5, 0.6) is 0 Å². The predicted octanol–water partition coefficient (Wildman–Crippen LogP) is 5.06. The Balaban J connectivity index is 1.89. The van der Waals surface area contributed by atoms with Gasteiger partial charge in [0.2, 0.25) is 11.8 Å². The van der Waals surface area contributed by atoms with Crippen molar-refractivity contribution in [2.45, 2.75) is 53.5 Å². The molecule has 2 aromatic rings. The molecule has 0 aliphatic carbocycles. The Bertz CT molecular complexity index is 887. The van der Waals surface area contributed by atoms with Crippen LogP contribution in [0.1, 0.15) is 61.7 Å². The van der Waals surface area contributed by atoms with Gasteiger partial charge in [0.25, 0.3) is 0 Å². The highest BCUT2D eigenvalue weighted by atomic mass is 32.1. The van der Waals surface area contributed by atoms with Gasteiger partial charge in [-0.25, -0.2) is 0 Å². The Labute approximate surface area is 184 Å². The number of carbonyl (C=O) groups excluding carboxylic acids is 2. The molecule has 3 rings (SSSR count). The topological polar surface area (TPSA) is 40.6 Å². The highest BCUT2D eigenvalue weighted by Crippen LogP contribution is 2.39. The molecule has 2 amide bonds. The standard InChI is InChI=1S/C25H34N2O2S/c1-17(2)10-13-26(25(29)18(3)4)16-23(28)27-14-11-22-21(12-15-30-22)24(27)20-9-7-6-8-19(20)5/h6-9,12,15,17-18,24H,10-11,13-14,16H2,1-5H3/t24-/m1/s1. The Hall–Kier alpha value is -2.14. The average Bonchev–Trinajstić information content (AvgIpc) is 3.19. The zero-order valence-electron chi connectivity index (χ0n) is 18.9. The molecule has 4 nitrogen and oxygen atoms in total. The van der Waals surface area contributed by atoms with Crippen molar-refractivity contribution in [3.63, 3.8) is 0 Å². The van der Waals surface area contributed by atoms with Gasteiger partial charge in [-0.15, -0.1) is 11.3 Å². The zero-order valence-corrected chi connectivity index (χ0v) is 19.7. The molecule has 2 heterocycles. The van der Waals surface area contributed by atoms with Crippen LogP contribution in [0.4, 0.5) is 0 Å². The van der Waals surface area contributed by atoms with Crippen molar-refractivity contribution in [1.82, 2.24) is 9.80 Å². The van der Waals surface area contributed by atoms with Crippen molar-refractivity contribution >= 4 is 23.2 Å². The van der Waals surface area contributed by atoms with Gasteiger partial charge in [-0.3, -0.25) is 9.59 Å². The Morgan fingerprint density at radius 1 is 1.13 bits per heavy atom. The van der Waals surface area contributed by atoms with Gasteiger partial charge >= 0.3 is 0 Å². The van der Waals surface area contributed by atoms with E-state index in [0.717, 1.165) is 12.8 Å². The van der Waals surface area contributed by atoms with Crippen LogP contribution >= 0.6 is 11.3 Å². The summed E-state index contributed by atoms with van der Waals surface area (Å²) < 4.78 is 0. The number of thiophene rings is 1. The quantitative estimate of drug-likeness (QED) is 0.621. The lowest BCUT2D eigenvalue weighted by molar-refractivity contribution is -0.143. The minimum absolute atomic E-state index is 0.0397. The minimum Gasteiger partial charge on any atom is -0.333 e. The monoisotopic (exact) mass is 426 g/mol. The van der Waals surface area contributed by atoms with Gasteiger partial charge in [0, 0.05) is 23.9 Å². The average molecular weight is 427 g/mol. The molecule has 0 spiro atoms. The number of hydrogen-bond donors (Lipinski definition) is 0. The first-order valence-electron chi connectivity index (χ1n) is 11.0. The lowest BCUT2D eigenvalue weighted by atomic mass is 9.90. The summed E-state index contributed by atoms with van der Waals surface area (Å²) in [5.41, 5.74) is 3.60. The van der Waals surface area contributed by atoms with E-state index in [1.54, 1.807) is 16.2 Å². The number of amides is 2. The van der Waals surface area contributed by atoms with Crippen molar-refractivity contribution in [3.8, 4) is 0 Å². The molecule has 1 aromatic carbocycles. The molecule has 0 fully saturated rings.